The highest BCUT2D eigenvalue weighted by Crippen LogP contribution is 2.41. The lowest BCUT2D eigenvalue weighted by molar-refractivity contribution is -0.777. The van der Waals surface area contributed by atoms with Gasteiger partial charge in [-0.1, -0.05) is 86.7 Å². The molecule has 4 aromatic rings. The van der Waals surface area contributed by atoms with Crippen molar-refractivity contribution in [3.63, 3.8) is 0 Å². The van der Waals surface area contributed by atoms with Gasteiger partial charge in [-0.15, -0.1) is 0 Å². The Hall–Kier alpha value is -4.27. The average molecular weight is 665 g/mol. The predicted molar refractivity (Wildman–Crippen MR) is 171 cm³/mol. The van der Waals surface area contributed by atoms with Crippen LogP contribution in [0.5, 0.6) is 5.75 Å². The molecule has 1 aliphatic carbocycles. The first-order chi connectivity index (χ1) is 22.4. The van der Waals surface area contributed by atoms with Gasteiger partial charge < -0.3 is 9.99 Å². The third-order valence-corrected chi connectivity index (χ3v) is 10.2. The van der Waals surface area contributed by atoms with Crippen molar-refractivity contribution in [2.75, 3.05) is 0 Å². The summed E-state index contributed by atoms with van der Waals surface area (Å²) in [6, 6.07) is 33.9. The molecule has 0 unspecified atom stereocenters. The van der Waals surface area contributed by atoms with Crippen LogP contribution in [0.25, 0.3) is 0 Å². The van der Waals surface area contributed by atoms with E-state index in [1.165, 1.54) is 21.1 Å². The highest BCUT2D eigenvalue weighted by Gasteiger charge is 2.30. The second kappa shape index (κ2) is 18.0. The van der Waals surface area contributed by atoms with E-state index >= 15 is 0 Å². The van der Waals surface area contributed by atoms with Crippen molar-refractivity contribution in [3.8, 4) is 5.75 Å². The molecule has 0 aromatic heterocycles. The molecule has 1 fully saturated rings. The van der Waals surface area contributed by atoms with Crippen LogP contribution in [0.2, 0.25) is 0 Å². The van der Waals surface area contributed by atoms with E-state index in [4.69, 9.17) is 4.74 Å². The first kappa shape index (κ1) is 34.6. The van der Waals surface area contributed by atoms with Crippen molar-refractivity contribution in [1.82, 2.24) is 0 Å². The molecule has 0 atom stereocenters. The summed E-state index contributed by atoms with van der Waals surface area (Å²) in [5.74, 6) is -0.504. The van der Waals surface area contributed by atoms with E-state index in [0.717, 1.165) is 37.8 Å². The molecule has 0 saturated heterocycles. The lowest BCUT2D eigenvalue weighted by Crippen LogP contribution is -2.13. The van der Waals surface area contributed by atoms with Crippen LogP contribution in [0, 0.1) is 26.1 Å². The predicted octanol–water partition coefficient (Wildman–Crippen LogP) is 7.78. The third-order valence-electron chi connectivity index (χ3n) is 7.21. The van der Waals surface area contributed by atoms with E-state index in [1.807, 2.05) is 0 Å². The molecule has 240 valence electrons. The van der Waals surface area contributed by atoms with E-state index in [9.17, 15) is 30.3 Å². The number of ether oxygens (including phenoxy) is 1. The smallest absolute Gasteiger partial charge is 0.311 e. The summed E-state index contributed by atoms with van der Waals surface area (Å²) >= 11 is 0.0284. The van der Waals surface area contributed by atoms with Gasteiger partial charge in [0.1, 0.15) is 5.75 Å². The normalized spacial score (nSPS) is 13.0. The maximum absolute atomic E-state index is 12.0. The van der Waals surface area contributed by atoms with Gasteiger partial charge in [-0.3, -0.25) is 30.1 Å². The van der Waals surface area contributed by atoms with Crippen molar-refractivity contribution in [2.24, 2.45) is 5.92 Å². The van der Waals surface area contributed by atoms with Crippen LogP contribution in [0.3, 0.4) is 0 Å². The Morgan fingerprint density at radius 2 is 1.22 bits per heavy atom. The minimum atomic E-state index is -0.914. The van der Waals surface area contributed by atoms with E-state index < -0.39 is 32.1 Å². The molecule has 4 aromatic carbocycles. The van der Waals surface area contributed by atoms with Crippen LogP contribution in [0.1, 0.15) is 44.9 Å². The van der Waals surface area contributed by atoms with Crippen molar-refractivity contribution >= 4 is 40.3 Å². The topological polar surface area (TPSA) is 154 Å². The Kier molecular flexibility index (Phi) is 13.6. The van der Waals surface area contributed by atoms with Gasteiger partial charge in [0.2, 0.25) is 0 Å². The largest absolute Gasteiger partial charge is 0.691 e. The van der Waals surface area contributed by atoms with Crippen LogP contribution in [-0.4, -0.2) is 15.8 Å². The number of esters is 1. The second-order valence-corrected chi connectivity index (χ2v) is 13.0. The zero-order valence-corrected chi connectivity index (χ0v) is 26.4. The molecular formula is C33H32N2O9S2. The Labute approximate surface area is 273 Å². The molecule has 1 aliphatic rings. The summed E-state index contributed by atoms with van der Waals surface area (Å²) < 4.78 is 9.03. The number of nitrogens with zero attached hydrogens (tertiary/aromatic N) is 2. The van der Waals surface area contributed by atoms with Crippen LogP contribution in [0.15, 0.2) is 123 Å². The first-order valence-corrected chi connectivity index (χ1v) is 16.5. The zero-order chi connectivity index (χ0) is 32.7. The number of carbonyl (C=O) groups excluding carboxylic acids is 1. The molecule has 0 aliphatic heterocycles. The molecule has 0 radical (unpaired) electrons. The fraction of sp³-hybridized carbons (Fsp3) is 0.242. The van der Waals surface area contributed by atoms with Gasteiger partial charge in [-0.2, -0.15) is 4.33 Å². The molecular weight excluding hydrogens is 633 g/mol. The summed E-state index contributed by atoms with van der Waals surface area (Å²) in [4.78, 5) is 36.1. The maximum atomic E-state index is 12.0. The standard InChI is InChI=1S/C18H15S.C15H18N2O9S/c1-4-10-16(11-5-1)19(17-12-6-2-7-13-17)18-14-8-3-9-15-18;18-14(7-6-10-4-2-1-3-5-10)24-11-8-12(16(19)20)15(27-26-25-23)13(9-11)17(21)22/h1-15H;8-10,23H,1-7H2/q+1;/p-1. The third kappa shape index (κ3) is 10.1. The SMILES string of the molecule is O=C(CCC1CCCCC1)Oc1cc([N+](=O)[O-])c(SOO[O-])c([N+](=O)[O-])c1.c1ccc([S+](c2ccccc2)c2ccccc2)cc1. The lowest BCUT2D eigenvalue weighted by atomic mass is 9.86. The molecule has 0 amide bonds. The van der Waals surface area contributed by atoms with Crippen LogP contribution >= 0.6 is 12.0 Å². The van der Waals surface area contributed by atoms with Crippen LogP contribution < -0.4 is 9.99 Å². The average Bonchev–Trinajstić information content (AvgIpc) is 3.08. The molecule has 11 nitrogen and oxygen atoms in total. The second-order valence-electron chi connectivity index (χ2n) is 10.3. The van der Waals surface area contributed by atoms with Gasteiger partial charge in [-0.05, 0) is 48.7 Å². The highest BCUT2D eigenvalue weighted by atomic mass is 32.2. The van der Waals surface area contributed by atoms with Gasteiger partial charge in [0.15, 0.2) is 19.6 Å². The number of hydrogen-bond acceptors (Lipinski definition) is 10. The molecule has 13 heteroatoms. The number of nitro groups is 2. The minimum absolute atomic E-state index is 0.0146. The summed E-state index contributed by atoms with van der Waals surface area (Å²) in [7, 11) is -0.0146. The Morgan fingerprint density at radius 1 is 0.761 bits per heavy atom. The zero-order valence-electron chi connectivity index (χ0n) is 24.7. The Balaban J connectivity index is 0.000000221. The van der Waals surface area contributed by atoms with Gasteiger partial charge in [0.05, 0.1) is 44.9 Å². The van der Waals surface area contributed by atoms with E-state index in [0.29, 0.717) is 12.3 Å². The molecule has 1 saturated carbocycles. The monoisotopic (exact) mass is 664 g/mol. The van der Waals surface area contributed by atoms with Crippen LogP contribution in [-0.2, 0) is 25.1 Å². The number of rotatable bonds is 12. The van der Waals surface area contributed by atoms with Crippen molar-refractivity contribution < 1.29 is 34.0 Å². The Bertz CT molecular complexity index is 1440. The molecule has 5 rings (SSSR count). The summed E-state index contributed by atoms with van der Waals surface area (Å²) in [5, 5.41) is 35.4. The van der Waals surface area contributed by atoms with Gasteiger partial charge >= 0.3 is 5.97 Å². The van der Waals surface area contributed by atoms with Gasteiger partial charge in [0, 0.05) is 6.42 Å². The quantitative estimate of drug-likeness (QED) is 0.0279. The van der Waals surface area contributed by atoms with Crippen molar-refractivity contribution in [3.05, 3.63) is 123 Å². The van der Waals surface area contributed by atoms with Crippen molar-refractivity contribution in [1.29, 1.82) is 0 Å². The lowest BCUT2D eigenvalue weighted by Gasteiger charge is -2.20. The number of benzene rings is 4. The summed E-state index contributed by atoms with van der Waals surface area (Å²) in [6.07, 6.45) is 6.33. The number of nitro benzene ring substituents is 2. The first-order valence-electron chi connectivity index (χ1n) is 14.6. The van der Waals surface area contributed by atoms with Gasteiger partial charge in [-0.25, -0.2) is 0 Å². The van der Waals surface area contributed by atoms with Gasteiger partial charge in [0.25, 0.3) is 11.4 Å². The van der Waals surface area contributed by atoms with E-state index in [2.05, 4.69) is 100 Å². The van der Waals surface area contributed by atoms with Crippen molar-refractivity contribution in [2.45, 2.75) is 64.5 Å². The number of hydrogen-bond donors (Lipinski definition) is 0. The maximum Gasteiger partial charge on any atom is 0.311 e. The van der Waals surface area contributed by atoms with E-state index in [-0.39, 0.29) is 35.1 Å². The summed E-state index contributed by atoms with van der Waals surface area (Å²) in [6.45, 7) is 0. The number of carbonyl (C=O) groups is 1. The molecule has 0 bridgehead atoms. The summed E-state index contributed by atoms with van der Waals surface area (Å²) in [5.41, 5.74) is -1.50. The van der Waals surface area contributed by atoms with Crippen LogP contribution in [0.4, 0.5) is 11.4 Å². The molecule has 0 heterocycles. The fourth-order valence-corrected chi connectivity index (χ4v) is 7.73. The molecule has 0 N–H and O–H groups in total. The minimum Gasteiger partial charge on any atom is -0.691 e. The fourth-order valence-electron chi connectivity index (χ4n) is 5.10. The Morgan fingerprint density at radius 3 is 1.63 bits per heavy atom. The molecule has 46 heavy (non-hydrogen) atoms. The molecule has 0 spiro atoms. The highest BCUT2D eigenvalue weighted by molar-refractivity contribution is 7.97. The van der Waals surface area contributed by atoms with E-state index in [1.54, 1.807) is 0 Å².